The summed E-state index contributed by atoms with van der Waals surface area (Å²) in [5.41, 5.74) is 4.13. The molecule has 4 aromatic rings. The van der Waals surface area contributed by atoms with Crippen molar-refractivity contribution in [2.24, 2.45) is 0 Å². The van der Waals surface area contributed by atoms with Gasteiger partial charge in [0.05, 0.1) is 26.4 Å². The van der Waals surface area contributed by atoms with Crippen LogP contribution in [-0.2, 0) is 48.2 Å². The minimum atomic E-state index is -0.675. The van der Waals surface area contributed by atoms with E-state index in [0.29, 0.717) is 26.4 Å². The maximum Gasteiger partial charge on any atom is 0.187 e. The van der Waals surface area contributed by atoms with E-state index in [1.54, 1.807) is 0 Å². The van der Waals surface area contributed by atoms with Crippen molar-refractivity contribution in [3.63, 3.8) is 0 Å². The average molecular weight is 539 g/mol. The molecule has 6 atom stereocenters. The molecule has 0 N–H and O–H groups in total. The molecule has 2 saturated heterocycles. The van der Waals surface area contributed by atoms with Gasteiger partial charge in [-0.1, -0.05) is 121 Å². The highest BCUT2D eigenvalue weighted by molar-refractivity contribution is 5.18. The summed E-state index contributed by atoms with van der Waals surface area (Å²) in [7, 11) is 0. The van der Waals surface area contributed by atoms with Gasteiger partial charge < -0.3 is 28.4 Å². The van der Waals surface area contributed by atoms with E-state index >= 15 is 0 Å². The van der Waals surface area contributed by atoms with Gasteiger partial charge in [-0.15, -0.1) is 0 Å². The van der Waals surface area contributed by atoms with E-state index in [1.165, 1.54) is 0 Å². The topological polar surface area (TPSA) is 55.4 Å². The molecule has 1 unspecified atom stereocenters. The molecule has 206 valence electrons. The largest absolute Gasteiger partial charge is 0.368 e. The maximum atomic E-state index is 6.64. The van der Waals surface area contributed by atoms with Gasteiger partial charge in [0.25, 0.3) is 0 Å². The molecule has 2 heterocycles. The number of rotatable bonds is 10. The second kappa shape index (κ2) is 13.3. The van der Waals surface area contributed by atoms with E-state index in [1.807, 2.05) is 109 Å². The van der Waals surface area contributed by atoms with Crippen molar-refractivity contribution in [1.82, 2.24) is 0 Å². The second-order valence-corrected chi connectivity index (χ2v) is 10.0. The molecule has 0 bridgehead atoms. The van der Waals surface area contributed by atoms with Gasteiger partial charge in [-0.25, -0.2) is 0 Å². The van der Waals surface area contributed by atoms with Crippen LogP contribution in [-0.4, -0.2) is 37.3 Å². The molecule has 2 fully saturated rings. The Morgan fingerprint density at radius 2 is 1.00 bits per heavy atom. The lowest BCUT2D eigenvalue weighted by Gasteiger charge is -2.49. The molecule has 6 rings (SSSR count). The van der Waals surface area contributed by atoms with E-state index < -0.39 is 30.9 Å². The van der Waals surface area contributed by atoms with Gasteiger partial charge in [-0.2, -0.15) is 0 Å². The highest BCUT2D eigenvalue weighted by Gasteiger charge is 2.51. The third-order valence-electron chi connectivity index (χ3n) is 7.18. The number of hydrogen-bond donors (Lipinski definition) is 0. The Morgan fingerprint density at radius 1 is 0.525 bits per heavy atom. The number of fused-ring (bicyclic) bond motifs is 1. The first-order chi connectivity index (χ1) is 19.8. The molecule has 6 heteroatoms. The molecule has 2 aliphatic rings. The average Bonchev–Trinajstić information content (AvgIpc) is 3.03. The van der Waals surface area contributed by atoms with Gasteiger partial charge in [0.2, 0.25) is 0 Å². The summed E-state index contributed by atoms with van der Waals surface area (Å²) in [5.74, 6) is 0. The first-order valence-electron chi connectivity index (χ1n) is 13.8. The van der Waals surface area contributed by atoms with Crippen LogP contribution < -0.4 is 0 Å². The van der Waals surface area contributed by atoms with Crippen molar-refractivity contribution in [2.45, 2.75) is 56.8 Å². The first-order valence-corrected chi connectivity index (χ1v) is 13.8. The predicted octanol–water partition coefficient (Wildman–Crippen LogP) is 6.21. The third-order valence-corrected chi connectivity index (χ3v) is 7.18. The van der Waals surface area contributed by atoms with E-state index in [2.05, 4.69) is 12.1 Å². The Morgan fingerprint density at radius 3 is 1.55 bits per heavy atom. The van der Waals surface area contributed by atoms with E-state index in [0.717, 1.165) is 22.3 Å². The van der Waals surface area contributed by atoms with Gasteiger partial charge in [-0.3, -0.25) is 0 Å². The summed E-state index contributed by atoms with van der Waals surface area (Å²) in [6.07, 6.45) is -2.99. The number of ether oxygens (including phenoxy) is 6. The standard InChI is InChI=1S/C34H34O6/c1-5-13-25(14-6-1)21-35-31-30-29(24-38-33(40-30)28-19-11-4-12-20-28)39-34(37-23-27-17-9-3-10-18-27)32(31)36-22-26-15-7-2-8-16-26/h1-20,29-34H,21-24H2/t29-,30-,31+,32-,33?,34+/m1/s1. The highest BCUT2D eigenvalue weighted by atomic mass is 16.8. The third kappa shape index (κ3) is 6.67. The summed E-state index contributed by atoms with van der Waals surface area (Å²) < 4.78 is 38.8. The molecule has 40 heavy (non-hydrogen) atoms. The number of hydrogen-bond acceptors (Lipinski definition) is 6. The molecule has 0 aliphatic carbocycles. The van der Waals surface area contributed by atoms with Crippen LogP contribution in [0.4, 0.5) is 0 Å². The molecule has 6 nitrogen and oxygen atoms in total. The fraction of sp³-hybridized carbons (Fsp3) is 0.294. The molecule has 0 amide bonds. The van der Waals surface area contributed by atoms with Gasteiger partial charge in [0.15, 0.2) is 12.6 Å². The molecule has 0 spiro atoms. The Kier molecular flexibility index (Phi) is 8.95. The van der Waals surface area contributed by atoms with Crippen molar-refractivity contribution < 1.29 is 28.4 Å². The Hall–Kier alpha value is -3.36. The Labute approximate surface area is 235 Å². The van der Waals surface area contributed by atoms with Gasteiger partial charge in [0.1, 0.15) is 24.4 Å². The molecule has 0 radical (unpaired) electrons. The lowest BCUT2D eigenvalue weighted by atomic mass is 9.97. The van der Waals surface area contributed by atoms with Crippen molar-refractivity contribution in [3.8, 4) is 0 Å². The second-order valence-electron chi connectivity index (χ2n) is 10.0. The smallest absolute Gasteiger partial charge is 0.187 e. The lowest BCUT2D eigenvalue weighted by molar-refractivity contribution is -0.374. The zero-order chi connectivity index (χ0) is 27.0. The summed E-state index contributed by atoms with van der Waals surface area (Å²) >= 11 is 0. The summed E-state index contributed by atoms with van der Waals surface area (Å²) in [5, 5.41) is 0. The van der Waals surface area contributed by atoms with Gasteiger partial charge >= 0.3 is 0 Å². The fourth-order valence-corrected chi connectivity index (χ4v) is 5.11. The van der Waals surface area contributed by atoms with E-state index in [-0.39, 0.29) is 6.10 Å². The predicted molar refractivity (Wildman–Crippen MR) is 150 cm³/mol. The van der Waals surface area contributed by atoms with Gasteiger partial charge in [0, 0.05) is 5.56 Å². The van der Waals surface area contributed by atoms with E-state index in [9.17, 15) is 0 Å². The minimum absolute atomic E-state index is 0.353. The lowest BCUT2D eigenvalue weighted by Crippen LogP contribution is -2.63. The van der Waals surface area contributed by atoms with Crippen molar-refractivity contribution >= 4 is 0 Å². The molecule has 0 aromatic heterocycles. The molecular weight excluding hydrogens is 504 g/mol. The van der Waals surface area contributed by atoms with Crippen LogP contribution in [0.3, 0.4) is 0 Å². The van der Waals surface area contributed by atoms with Crippen LogP contribution in [0.1, 0.15) is 28.5 Å². The van der Waals surface area contributed by atoms with Crippen LogP contribution in [0.5, 0.6) is 0 Å². The monoisotopic (exact) mass is 538 g/mol. The zero-order valence-electron chi connectivity index (χ0n) is 22.3. The SMILES string of the molecule is c1ccc(CO[C@H]2O[C@@H]3COC(c4ccccc4)O[C@H]3[C@H](OCc3ccccc3)[C@H]2OCc2ccccc2)cc1. The van der Waals surface area contributed by atoms with Crippen molar-refractivity contribution in [2.75, 3.05) is 6.61 Å². The highest BCUT2D eigenvalue weighted by Crippen LogP contribution is 2.37. The maximum absolute atomic E-state index is 6.64. The molecule has 4 aromatic carbocycles. The van der Waals surface area contributed by atoms with Crippen LogP contribution in [0.15, 0.2) is 121 Å². The molecular formula is C34H34O6. The van der Waals surface area contributed by atoms with Crippen molar-refractivity contribution in [3.05, 3.63) is 144 Å². The van der Waals surface area contributed by atoms with Crippen LogP contribution >= 0.6 is 0 Å². The fourth-order valence-electron chi connectivity index (χ4n) is 5.11. The summed E-state index contributed by atoms with van der Waals surface area (Å²) in [6.45, 7) is 1.53. The number of benzene rings is 4. The van der Waals surface area contributed by atoms with Gasteiger partial charge in [-0.05, 0) is 16.7 Å². The minimum Gasteiger partial charge on any atom is -0.368 e. The van der Waals surface area contributed by atoms with Crippen molar-refractivity contribution in [1.29, 1.82) is 0 Å². The Balaban J connectivity index is 1.27. The van der Waals surface area contributed by atoms with Crippen LogP contribution in [0.2, 0.25) is 0 Å². The molecule has 0 saturated carbocycles. The normalized spacial score (nSPS) is 26.2. The first kappa shape index (κ1) is 26.8. The van der Waals surface area contributed by atoms with E-state index in [4.69, 9.17) is 28.4 Å². The Bertz CT molecular complexity index is 1290. The zero-order valence-corrected chi connectivity index (χ0v) is 22.3. The molecule has 2 aliphatic heterocycles. The summed E-state index contributed by atoms with van der Waals surface area (Å²) in [4.78, 5) is 0. The summed E-state index contributed by atoms with van der Waals surface area (Å²) in [6, 6.07) is 40.2. The van der Waals surface area contributed by atoms with Crippen LogP contribution in [0.25, 0.3) is 0 Å². The quantitative estimate of drug-likeness (QED) is 0.239. The van der Waals surface area contributed by atoms with Crippen LogP contribution in [0, 0.1) is 0 Å².